The fourth-order valence-electron chi connectivity index (χ4n) is 3.98. The van der Waals surface area contributed by atoms with E-state index in [2.05, 4.69) is 0 Å². The number of nitriles is 1. The van der Waals surface area contributed by atoms with Gasteiger partial charge in [-0.3, -0.25) is 9.69 Å². The van der Waals surface area contributed by atoms with Crippen LogP contribution in [0, 0.1) is 11.3 Å². The van der Waals surface area contributed by atoms with Crippen molar-refractivity contribution >= 4 is 46.4 Å². The van der Waals surface area contributed by atoms with Crippen LogP contribution in [-0.4, -0.2) is 51.3 Å². The van der Waals surface area contributed by atoms with E-state index in [4.69, 9.17) is 27.3 Å². The Morgan fingerprint density at radius 3 is 2.60 bits per heavy atom. The highest BCUT2D eigenvalue weighted by atomic mass is 32.2. The van der Waals surface area contributed by atoms with Gasteiger partial charge in [-0.25, -0.2) is 0 Å². The smallest absolute Gasteiger partial charge is 0.417 e. The number of fused-ring (bicyclic) bond motifs is 1. The fourth-order valence-corrected chi connectivity index (χ4v) is 5.60. The standard InChI is InChI=1S/C23H20F3N3O4S2/c1-22(2)20(32)28(13-4-3-12(9-27)15(7-13)23(24,25)26)21(34)29(22)14-5-6-17-19(8-14)35-11-18(33-17)16(31)10-30/h3-8,16,18,30-31H,10-11H2,1-2H3/t16-,18+/m0/s1. The normalized spacial score (nSPS) is 20.3. The molecule has 12 heteroatoms. The second kappa shape index (κ2) is 8.98. The highest BCUT2D eigenvalue weighted by molar-refractivity contribution is 7.99. The number of benzene rings is 2. The zero-order valence-electron chi connectivity index (χ0n) is 18.5. The van der Waals surface area contributed by atoms with Crippen LogP contribution >= 0.6 is 24.0 Å². The minimum absolute atomic E-state index is 0.00640. The maximum absolute atomic E-state index is 13.5. The summed E-state index contributed by atoms with van der Waals surface area (Å²) in [7, 11) is 0. The van der Waals surface area contributed by atoms with Gasteiger partial charge >= 0.3 is 6.18 Å². The first-order valence-electron chi connectivity index (χ1n) is 10.4. The topological polar surface area (TPSA) is 97.0 Å². The minimum atomic E-state index is -4.78. The Bertz CT molecular complexity index is 1250. The quantitative estimate of drug-likeness (QED) is 0.586. The molecule has 2 N–H and O–H groups in total. The third kappa shape index (κ3) is 4.33. The number of aliphatic hydroxyl groups excluding tert-OH is 2. The zero-order valence-corrected chi connectivity index (χ0v) is 20.2. The molecule has 2 atom stereocenters. The second-order valence-corrected chi connectivity index (χ2v) is 9.93. The molecule has 0 aromatic heterocycles. The summed E-state index contributed by atoms with van der Waals surface area (Å²) in [6.07, 6.45) is -6.39. The molecule has 2 heterocycles. The summed E-state index contributed by atoms with van der Waals surface area (Å²) in [5, 5.41) is 28.1. The number of hydrogen-bond donors (Lipinski definition) is 2. The maximum atomic E-state index is 13.5. The summed E-state index contributed by atoms with van der Waals surface area (Å²) in [5.74, 6) is 0.367. The molecule has 1 amide bonds. The molecule has 184 valence electrons. The van der Waals surface area contributed by atoms with Gasteiger partial charge in [0.15, 0.2) is 5.11 Å². The van der Waals surface area contributed by atoms with E-state index in [-0.39, 0.29) is 10.8 Å². The predicted octanol–water partition coefficient (Wildman–Crippen LogP) is 3.70. The van der Waals surface area contributed by atoms with Crippen LogP contribution in [0.2, 0.25) is 0 Å². The van der Waals surface area contributed by atoms with Gasteiger partial charge in [0.1, 0.15) is 23.5 Å². The monoisotopic (exact) mass is 523 g/mol. The van der Waals surface area contributed by atoms with Crippen molar-refractivity contribution in [1.29, 1.82) is 5.26 Å². The first kappa shape index (κ1) is 25.2. The van der Waals surface area contributed by atoms with E-state index >= 15 is 0 Å². The first-order valence-corrected chi connectivity index (χ1v) is 11.8. The fraction of sp³-hybridized carbons (Fsp3) is 0.348. The Morgan fingerprint density at radius 2 is 1.97 bits per heavy atom. The SMILES string of the molecule is CC1(C)C(=O)N(c2ccc(C#N)c(C(F)(F)F)c2)C(=S)N1c1ccc2c(c1)SC[C@H]([C@@H](O)CO)O2. The van der Waals surface area contributed by atoms with E-state index in [9.17, 15) is 23.1 Å². The molecule has 2 aliphatic heterocycles. The Hall–Kier alpha value is -2.85. The third-order valence-electron chi connectivity index (χ3n) is 5.84. The van der Waals surface area contributed by atoms with Gasteiger partial charge in [0.05, 0.1) is 34.4 Å². The van der Waals surface area contributed by atoms with E-state index in [1.807, 2.05) is 0 Å². The van der Waals surface area contributed by atoms with E-state index < -0.39 is 47.6 Å². The van der Waals surface area contributed by atoms with Crippen molar-refractivity contribution in [2.75, 3.05) is 22.2 Å². The van der Waals surface area contributed by atoms with E-state index in [1.54, 1.807) is 36.9 Å². The van der Waals surface area contributed by atoms with Crippen LogP contribution in [0.5, 0.6) is 5.75 Å². The highest BCUT2D eigenvalue weighted by Gasteiger charge is 2.51. The lowest BCUT2D eigenvalue weighted by atomic mass is 10.0. The summed E-state index contributed by atoms with van der Waals surface area (Å²) in [5.41, 5.74) is -2.46. The number of amides is 1. The lowest BCUT2D eigenvalue weighted by Gasteiger charge is -2.32. The lowest BCUT2D eigenvalue weighted by Crippen LogP contribution is -2.44. The summed E-state index contributed by atoms with van der Waals surface area (Å²) >= 11 is 6.96. The molecule has 0 saturated carbocycles. The van der Waals surface area contributed by atoms with Crippen LogP contribution in [0.4, 0.5) is 24.5 Å². The van der Waals surface area contributed by atoms with Crippen LogP contribution in [0.15, 0.2) is 41.3 Å². The van der Waals surface area contributed by atoms with E-state index in [0.29, 0.717) is 17.2 Å². The van der Waals surface area contributed by atoms with Gasteiger partial charge < -0.3 is 19.8 Å². The number of hydrogen-bond acceptors (Lipinski definition) is 7. The molecule has 1 fully saturated rings. The average Bonchev–Trinajstić information content (AvgIpc) is 3.00. The summed E-state index contributed by atoms with van der Waals surface area (Å²) in [6, 6.07) is 9.64. The van der Waals surface area contributed by atoms with Gasteiger partial charge in [-0.2, -0.15) is 18.4 Å². The molecule has 2 aromatic carbocycles. The Kier molecular flexibility index (Phi) is 6.48. The summed E-state index contributed by atoms with van der Waals surface area (Å²) in [6.45, 7) is 2.80. The number of aliphatic hydroxyl groups is 2. The molecule has 0 unspecified atom stereocenters. The van der Waals surface area contributed by atoms with Crippen LogP contribution < -0.4 is 14.5 Å². The van der Waals surface area contributed by atoms with Crippen LogP contribution in [-0.2, 0) is 11.0 Å². The predicted molar refractivity (Wildman–Crippen MR) is 127 cm³/mol. The van der Waals surface area contributed by atoms with Crippen LogP contribution in [0.1, 0.15) is 25.0 Å². The number of rotatable bonds is 4. The number of carbonyl (C=O) groups is 1. The van der Waals surface area contributed by atoms with Crippen molar-refractivity contribution in [2.45, 2.75) is 42.7 Å². The molecule has 2 aliphatic rings. The average molecular weight is 524 g/mol. The van der Waals surface area contributed by atoms with Gasteiger partial charge in [0, 0.05) is 11.4 Å². The molecular formula is C23H20F3N3O4S2. The molecule has 0 radical (unpaired) electrons. The second-order valence-electron chi connectivity index (χ2n) is 8.51. The number of nitrogens with zero attached hydrogens (tertiary/aromatic N) is 3. The molecule has 1 saturated heterocycles. The number of thioether (sulfide) groups is 1. The number of alkyl halides is 3. The minimum Gasteiger partial charge on any atom is -0.486 e. The molecule has 2 aromatic rings. The summed E-state index contributed by atoms with van der Waals surface area (Å²) in [4.78, 5) is 16.7. The molecule has 7 nitrogen and oxygen atoms in total. The molecule has 4 rings (SSSR count). The zero-order chi connectivity index (χ0) is 25.7. The lowest BCUT2D eigenvalue weighted by molar-refractivity contribution is -0.137. The van der Waals surface area contributed by atoms with Crippen LogP contribution in [0.3, 0.4) is 0 Å². The Balaban J connectivity index is 1.70. The summed E-state index contributed by atoms with van der Waals surface area (Å²) < 4.78 is 46.3. The van der Waals surface area contributed by atoms with Crippen molar-refractivity contribution in [3.05, 3.63) is 47.5 Å². The van der Waals surface area contributed by atoms with E-state index in [0.717, 1.165) is 21.9 Å². The van der Waals surface area contributed by atoms with Gasteiger partial charge in [-0.05, 0) is 62.5 Å². The van der Waals surface area contributed by atoms with Crippen molar-refractivity contribution in [2.24, 2.45) is 0 Å². The number of thiocarbonyl (C=S) groups is 1. The number of halogens is 3. The maximum Gasteiger partial charge on any atom is 0.417 e. The number of carbonyl (C=O) groups excluding carboxylic acids is 1. The number of anilines is 2. The molecule has 0 aliphatic carbocycles. The van der Waals surface area contributed by atoms with Crippen molar-refractivity contribution < 1.29 is 32.9 Å². The van der Waals surface area contributed by atoms with E-state index in [1.165, 1.54) is 23.9 Å². The van der Waals surface area contributed by atoms with Gasteiger partial charge in [0.25, 0.3) is 5.91 Å². The molecule has 0 spiro atoms. The Labute approximate surface area is 208 Å². The van der Waals surface area contributed by atoms with Crippen molar-refractivity contribution in [1.82, 2.24) is 0 Å². The van der Waals surface area contributed by atoms with Gasteiger partial charge in [0.2, 0.25) is 0 Å². The Morgan fingerprint density at radius 1 is 1.29 bits per heavy atom. The number of ether oxygens (including phenoxy) is 1. The molecular weight excluding hydrogens is 503 g/mol. The first-order chi connectivity index (χ1) is 16.4. The van der Waals surface area contributed by atoms with Gasteiger partial charge in [-0.1, -0.05) is 0 Å². The van der Waals surface area contributed by atoms with Crippen molar-refractivity contribution in [3.8, 4) is 11.8 Å². The van der Waals surface area contributed by atoms with Crippen LogP contribution in [0.25, 0.3) is 0 Å². The largest absolute Gasteiger partial charge is 0.486 e. The third-order valence-corrected chi connectivity index (χ3v) is 7.33. The van der Waals surface area contributed by atoms with Crippen molar-refractivity contribution in [3.63, 3.8) is 0 Å². The molecule has 35 heavy (non-hydrogen) atoms. The highest BCUT2D eigenvalue weighted by Crippen LogP contribution is 2.43. The molecule has 0 bridgehead atoms. The van der Waals surface area contributed by atoms with Gasteiger partial charge in [-0.15, -0.1) is 11.8 Å².